The number of carbonyl (C=O) groups is 1. The zero-order valence-electron chi connectivity index (χ0n) is 12.9. The Bertz CT molecular complexity index is 461. The predicted molar refractivity (Wildman–Crippen MR) is 81.9 cm³/mol. The van der Waals surface area contributed by atoms with Crippen molar-refractivity contribution in [2.45, 2.75) is 40.2 Å². The number of aliphatic hydroxyl groups is 1. The third kappa shape index (κ3) is 6.96. The fraction of sp³-hybridized carbons (Fsp3) is 0.471. The molecule has 0 spiro atoms. The molecule has 0 heterocycles. The lowest BCUT2D eigenvalue weighted by Gasteiger charge is -2.13. The van der Waals surface area contributed by atoms with Crippen molar-refractivity contribution < 1.29 is 14.6 Å². The Kier molecular flexibility index (Phi) is 8.35. The van der Waals surface area contributed by atoms with E-state index in [0.29, 0.717) is 12.0 Å². The summed E-state index contributed by atoms with van der Waals surface area (Å²) in [6.45, 7) is 7.49. The van der Waals surface area contributed by atoms with Gasteiger partial charge in [-0.25, -0.2) is 4.79 Å². The molecule has 0 rings (SSSR count). The van der Waals surface area contributed by atoms with Crippen molar-refractivity contribution in [3.05, 3.63) is 34.9 Å². The second-order valence-electron chi connectivity index (χ2n) is 4.95. The lowest BCUT2D eigenvalue weighted by atomic mass is 9.98. The standard InChI is InChI=1S/C17H24O3/c1-7-8-16(18)14(4)10-12(2)9-13(3)11-15(5)17(19)20-6/h1,9-11,14,16,18H,8H2,2-6H3/b12-10+,13-9+,15-11+. The van der Waals surface area contributed by atoms with E-state index in [9.17, 15) is 9.90 Å². The molecule has 3 nitrogen and oxygen atoms in total. The van der Waals surface area contributed by atoms with Crippen LogP contribution in [0.1, 0.15) is 34.1 Å². The van der Waals surface area contributed by atoms with E-state index in [1.807, 2.05) is 32.9 Å². The van der Waals surface area contributed by atoms with E-state index in [1.54, 1.807) is 13.0 Å². The Morgan fingerprint density at radius 2 is 1.90 bits per heavy atom. The molecule has 3 heteroatoms. The Morgan fingerprint density at radius 1 is 1.30 bits per heavy atom. The molecular weight excluding hydrogens is 252 g/mol. The van der Waals surface area contributed by atoms with Crippen LogP contribution in [0, 0.1) is 18.3 Å². The lowest BCUT2D eigenvalue weighted by molar-refractivity contribution is -0.136. The largest absolute Gasteiger partial charge is 0.466 e. The first kappa shape index (κ1) is 18.2. The fourth-order valence-electron chi connectivity index (χ4n) is 1.84. The van der Waals surface area contributed by atoms with Crippen LogP contribution in [-0.4, -0.2) is 24.3 Å². The van der Waals surface area contributed by atoms with Gasteiger partial charge in [0.2, 0.25) is 0 Å². The van der Waals surface area contributed by atoms with Crippen molar-refractivity contribution in [2.75, 3.05) is 7.11 Å². The van der Waals surface area contributed by atoms with Gasteiger partial charge in [0.1, 0.15) is 0 Å². The molecule has 0 aromatic rings. The highest BCUT2D eigenvalue weighted by atomic mass is 16.5. The molecule has 0 radical (unpaired) electrons. The fourth-order valence-corrected chi connectivity index (χ4v) is 1.84. The van der Waals surface area contributed by atoms with Gasteiger partial charge < -0.3 is 9.84 Å². The van der Waals surface area contributed by atoms with Gasteiger partial charge in [-0.1, -0.05) is 30.2 Å². The van der Waals surface area contributed by atoms with Gasteiger partial charge in [-0.3, -0.25) is 0 Å². The zero-order chi connectivity index (χ0) is 15.7. The molecule has 0 aliphatic heterocycles. The van der Waals surface area contributed by atoms with Crippen molar-refractivity contribution >= 4 is 5.97 Å². The monoisotopic (exact) mass is 276 g/mol. The van der Waals surface area contributed by atoms with E-state index in [0.717, 1.165) is 11.1 Å². The van der Waals surface area contributed by atoms with Crippen LogP contribution in [0.15, 0.2) is 34.9 Å². The van der Waals surface area contributed by atoms with Crippen molar-refractivity contribution in [1.29, 1.82) is 0 Å². The van der Waals surface area contributed by atoms with Gasteiger partial charge in [-0.05, 0) is 26.8 Å². The number of carbonyl (C=O) groups excluding carboxylic acids is 1. The maximum Gasteiger partial charge on any atom is 0.333 e. The van der Waals surface area contributed by atoms with E-state index in [-0.39, 0.29) is 11.9 Å². The quantitative estimate of drug-likeness (QED) is 0.351. The van der Waals surface area contributed by atoms with E-state index in [4.69, 9.17) is 6.42 Å². The number of allylic oxidation sites excluding steroid dienone is 4. The highest BCUT2D eigenvalue weighted by Crippen LogP contribution is 2.13. The highest BCUT2D eigenvalue weighted by Gasteiger charge is 2.10. The number of ether oxygens (including phenoxy) is 1. The molecule has 0 aromatic carbocycles. The third-order valence-electron chi connectivity index (χ3n) is 2.87. The number of terminal acetylenes is 1. The van der Waals surface area contributed by atoms with Gasteiger partial charge >= 0.3 is 5.97 Å². The molecule has 2 unspecified atom stereocenters. The molecular formula is C17H24O3. The van der Waals surface area contributed by atoms with Crippen LogP contribution in [0.25, 0.3) is 0 Å². The summed E-state index contributed by atoms with van der Waals surface area (Å²) in [5, 5.41) is 9.77. The summed E-state index contributed by atoms with van der Waals surface area (Å²) in [5.74, 6) is 2.10. The number of rotatable bonds is 6. The van der Waals surface area contributed by atoms with E-state index in [2.05, 4.69) is 10.7 Å². The van der Waals surface area contributed by atoms with Crippen LogP contribution in [-0.2, 0) is 9.53 Å². The van der Waals surface area contributed by atoms with Crippen LogP contribution in [0.5, 0.6) is 0 Å². The molecule has 0 amide bonds. The molecule has 0 aliphatic carbocycles. The maximum absolute atomic E-state index is 11.3. The molecule has 0 saturated heterocycles. The smallest absolute Gasteiger partial charge is 0.333 e. The minimum absolute atomic E-state index is 0.0132. The van der Waals surface area contributed by atoms with Crippen molar-refractivity contribution in [3.8, 4) is 12.3 Å². The minimum atomic E-state index is -0.531. The first-order valence-corrected chi connectivity index (χ1v) is 6.56. The Balaban J connectivity index is 4.88. The van der Waals surface area contributed by atoms with E-state index in [1.165, 1.54) is 7.11 Å². The molecule has 0 fully saturated rings. The predicted octanol–water partition coefficient (Wildman–Crippen LogP) is 3.02. The van der Waals surface area contributed by atoms with Crippen molar-refractivity contribution in [1.82, 2.24) is 0 Å². The maximum atomic E-state index is 11.3. The Hall–Kier alpha value is -1.79. The van der Waals surface area contributed by atoms with Crippen molar-refractivity contribution in [3.63, 3.8) is 0 Å². The molecule has 20 heavy (non-hydrogen) atoms. The Morgan fingerprint density at radius 3 is 2.40 bits per heavy atom. The average Bonchev–Trinajstić information content (AvgIpc) is 2.37. The van der Waals surface area contributed by atoms with Gasteiger partial charge in [0.25, 0.3) is 0 Å². The third-order valence-corrected chi connectivity index (χ3v) is 2.87. The van der Waals surface area contributed by atoms with Crippen LogP contribution in [0.2, 0.25) is 0 Å². The summed E-state index contributed by atoms with van der Waals surface area (Å²) >= 11 is 0. The van der Waals surface area contributed by atoms with Gasteiger partial charge in [0.15, 0.2) is 0 Å². The number of methoxy groups -OCH3 is 1. The average molecular weight is 276 g/mol. The molecule has 2 atom stereocenters. The second kappa shape index (κ2) is 9.17. The number of esters is 1. The minimum Gasteiger partial charge on any atom is -0.466 e. The topological polar surface area (TPSA) is 46.5 Å². The summed E-state index contributed by atoms with van der Waals surface area (Å²) in [6, 6.07) is 0. The van der Waals surface area contributed by atoms with Crippen LogP contribution in [0.3, 0.4) is 0 Å². The molecule has 0 saturated carbocycles. The molecule has 0 aromatic heterocycles. The van der Waals surface area contributed by atoms with Gasteiger partial charge in [0, 0.05) is 17.9 Å². The first-order chi connectivity index (χ1) is 9.31. The molecule has 0 aliphatic rings. The summed E-state index contributed by atoms with van der Waals surface area (Å²) in [7, 11) is 1.36. The number of aliphatic hydroxyl groups excluding tert-OH is 1. The normalized spacial score (nSPS) is 16.4. The van der Waals surface area contributed by atoms with Crippen molar-refractivity contribution in [2.24, 2.45) is 5.92 Å². The summed E-state index contributed by atoms with van der Waals surface area (Å²) in [6.07, 6.45) is 10.7. The summed E-state index contributed by atoms with van der Waals surface area (Å²) in [4.78, 5) is 11.3. The lowest BCUT2D eigenvalue weighted by Crippen LogP contribution is -2.14. The van der Waals surface area contributed by atoms with Gasteiger partial charge in [-0.15, -0.1) is 12.3 Å². The van der Waals surface area contributed by atoms with Crippen LogP contribution in [0.4, 0.5) is 0 Å². The second-order valence-corrected chi connectivity index (χ2v) is 4.95. The summed E-state index contributed by atoms with van der Waals surface area (Å²) in [5.41, 5.74) is 2.51. The molecule has 110 valence electrons. The number of hydrogen-bond donors (Lipinski definition) is 1. The van der Waals surface area contributed by atoms with Crippen LogP contribution >= 0.6 is 0 Å². The van der Waals surface area contributed by atoms with Crippen LogP contribution < -0.4 is 0 Å². The SMILES string of the molecule is C#CCC(O)C(C)/C=C(C)/C=C(C)/C=C(\C)C(=O)OC. The summed E-state index contributed by atoms with van der Waals surface area (Å²) < 4.78 is 4.64. The number of hydrogen-bond acceptors (Lipinski definition) is 3. The molecule has 1 N–H and O–H groups in total. The van der Waals surface area contributed by atoms with Gasteiger partial charge in [-0.2, -0.15) is 0 Å². The van der Waals surface area contributed by atoms with E-state index < -0.39 is 6.10 Å². The molecule has 0 bridgehead atoms. The Labute approximate surface area is 122 Å². The zero-order valence-corrected chi connectivity index (χ0v) is 12.9. The first-order valence-electron chi connectivity index (χ1n) is 6.56. The highest BCUT2D eigenvalue weighted by molar-refractivity contribution is 5.88. The van der Waals surface area contributed by atoms with Gasteiger partial charge in [0.05, 0.1) is 13.2 Å². The van der Waals surface area contributed by atoms with E-state index >= 15 is 0 Å².